The molecule has 0 spiro atoms. The molecule has 0 nitrogen and oxygen atoms in total. The summed E-state index contributed by atoms with van der Waals surface area (Å²) in [5.41, 5.74) is 19.8. The van der Waals surface area contributed by atoms with E-state index in [1.54, 1.807) is 0 Å². The molecule has 60 heavy (non-hydrogen) atoms. The van der Waals surface area contributed by atoms with E-state index >= 15 is 0 Å². The summed E-state index contributed by atoms with van der Waals surface area (Å²) < 4.78 is 11.5. The first-order valence-corrected chi connectivity index (χ1v) is 28.3. The van der Waals surface area contributed by atoms with Crippen LogP contribution in [0.25, 0.3) is 33.4 Å². The maximum absolute atomic E-state index is 6.81. The van der Waals surface area contributed by atoms with E-state index in [4.69, 9.17) is 27.4 Å². The molecule has 0 amide bonds. The van der Waals surface area contributed by atoms with Gasteiger partial charge in [-0.05, 0) is 0 Å². The number of hydrogen-bond acceptors (Lipinski definition) is 0. The van der Waals surface area contributed by atoms with E-state index in [0.29, 0.717) is 0 Å². The first kappa shape index (κ1) is 46.2. The molecule has 0 fully saturated rings. The standard InChI is InChI=1S/C31H29.C11H17.2C6H4Cl.CH2.2ClH.Zr/c1-18-11-20(3)30(21(4)12-18)24-7-9-28-26(15-24)17-27-16-25(8-10-29(27)28)31-22(5)13-19(2)14-23(31)6;1-5-9-6-7-10(8-9)11(2,3)4;2*7-6-4-2-1-3-5-6;;;;/h7-15H,17H2,1-6H3;7-9H,5H2,1-4H3;2*2-5H;1H2;2*1H;. The molecule has 310 valence electrons. The van der Waals surface area contributed by atoms with Crippen LogP contribution in [0.4, 0.5) is 0 Å². The number of aryl methyl sites for hydroxylation is 6. The molecule has 0 saturated carbocycles. The Hall–Kier alpha value is -3.29. The Morgan fingerprint density at radius 2 is 1.08 bits per heavy atom. The van der Waals surface area contributed by atoms with Gasteiger partial charge in [0.2, 0.25) is 0 Å². The fraction of sp³-hybridized carbons (Fsp3) is 0.255. The van der Waals surface area contributed by atoms with Crippen molar-refractivity contribution in [3.05, 3.63) is 179 Å². The molecule has 0 radical (unpaired) electrons. The second-order valence-electron chi connectivity index (χ2n) is 18.6. The molecule has 2 aliphatic carbocycles. The Kier molecular flexibility index (Phi) is 12.9. The average Bonchev–Trinajstić information content (AvgIpc) is 3.77. The van der Waals surface area contributed by atoms with Gasteiger partial charge in [-0.2, -0.15) is 0 Å². The van der Waals surface area contributed by atoms with Gasteiger partial charge in [-0.15, -0.1) is 24.8 Å². The quantitative estimate of drug-likeness (QED) is 0.149. The molecule has 0 heterocycles. The van der Waals surface area contributed by atoms with Crippen molar-refractivity contribution in [1.29, 1.82) is 0 Å². The van der Waals surface area contributed by atoms with Gasteiger partial charge in [0.25, 0.3) is 0 Å². The van der Waals surface area contributed by atoms with E-state index in [0.717, 1.165) is 22.9 Å². The fourth-order valence-corrected chi connectivity index (χ4v) is 28.4. The van der Waals surface area contributed by atoms with Crippen molar-refractivity contribution in [2.45, 2.75) is 82.1 Å². The molecule has 0 bridgehead atoms. The molecule has 1 unspecified atom stereocenters. The van der Waals surface area contributed by atoms with Gasteiger partial charge in [0.1, 0.15) is 0 Å². The van der Waals surface area contributed by atoms with E-state index in [9.17, 15) is 0 Å². The van der Waals surface area contributed by atoms with Gasteiger partial charge < -0.3 is 0 Å². The van der Waals surface area contributed by atoms with E-state index in [-0.39, 0.29) is 36.1 Å². The van der Waals surface area contributed by atoms with Crippen LogP contribution in [0, 0.1) is 52.9 Å². The van der Waals surface area contributed by atoms with Gasteiger partial charge in [-0.1, -0.05) is 0 Å². The van der Waals surface area contributed by atoms with Crippen molar-refractivity contribution in [3.63, 3.8) is 0 Å². The van der Waals surface area contributed by atoms with Crippen LogP contribution in [0.15, 0.2) is 124 Å². The Labute approximate surface area is 382 Å². The Bertz CT molecular complexity index is 2700. The van der Waals surface area contributed by atoms with Crippen LogP contribution in [-0.2, 0) is 24.7 Å². The zero-order chi connectivity index (χ0) is 41.5. The Balaban J connectivity index is 0.00000302. The van der Waals surface area contributed by atoms with Crippen molar-refractivity contribution in [3.8, 4) is 33.4 Å². The third-order valence-corrected chi connectivity index (χ3v) is 30.5. The second-order valence-corrected chi connectivity index (χ2v) is 32.1. The fourth-order valence-electron chi connectivity index (χ4n) is 11.1. The minimum atomic E-state index is -5.42. The zero-order valence-electron chi connectivity index (χ0n) is 36.7. The second kappa shape index (κ2) is 16.8. The summed E-state index contributed by atoms with van der Waals surface area (Å²) in [7, 11) is 0. The molecular weight excluding hydrogens is 894 g/mol. The molecule has 0 aliphatic heterocycles. The summed E-state index contributed by atoms with van der Waals surface area (Å²) in [4.78, 5) is 0. The predicted molar refractivity (Wildman–Crippen MR) is 267 cm³/mol. The summed E-state index contributed by atoms with van der Waals surface area (Å²) in [6.07, 6.45) is 6.98. The number of benzene rings is 6. The zero-order valence-corrected chi connectivity index (χ0v) is 42.3. The monoisotopic (exact) mass is 948 g/mol. The van der Waals surface area contributed by atoms with Crippen molar-refractivity contribution in [2.75, 3.05) is 0 Å². The van der Waals surface area contributed by atoms with Crippen molar-refractivity contribution < 1.29 is 18.3 Å². The molecule has 0 aromatic heterocycles. The molecule has 6 aromatic carbocycles. The van der Waals surface area contributed by atoms with Crippen LogP contribution >= 0.6 is 48.0 Å². The van der Waals surface area contributed by atoms with Gasteiger partial charge in [0.15, 0.2) is 0 Å². The van der Waals surface area contributed by atoms with E-state index < -0.39 is 18.3 Å². The summed E-state index contributed by atoms with van der Waals surface area (Å²) in [6.45, 7) is 22.9. The van der Waals surface area contributed by atoms with Gasteiger partial charge in [-0.25, -0.2) is 0 Å². The molecule has 2 aliphatic rings. The SMILES string of the molecule is Cl.Cl.[CH2]=[Zr]([C]1=CC(C(C)(C)C)=CC1CC)([c]1ccc(Cl)cc1)([c]1ccc(Cl)cc1)[c]1c(-c2c(C)cc(C)cc2C)ccc2c1Cc1cc(-c3c(C)cc(C)cc3C)ccc1-2. The van der Waals surface area contributed by atoms with Gasteiger partial charge in [0, 0.05) is 0 Å². The van der Waals surface area contributed by atoms with Crippen LogP contribution in [0.3, 0.4) is 0 Å². The first-order chi connectivity index (χ1) is 27.4. The molecule has 0 N–H and O–H groups in total. The molecule has 6 aromatic rings. The molecule has 0 saturated heterocycles. The van der Waals surface area contributed by atoms with Crippen LogP contribution in [0.1, 0.15) is 78.6 Å². The summed E-state index contributed by atoms with van der Waals surface area (Å²) >= 11 is 8.21. The summed E-state index contributed by atoms with van der Waals surface area (Å²) in [6, 6.07) is 39.1. The van der Waals surface area contributed by atoms with Crippen LogP contribution < -0.4 is 9.81 Å². The normalized spacial score (nSPS) is 14.8. The van der Waals surface area contributed by atoms with Crippen LogP contribution in [0.2, 0.25) is 10.0 Å². The molecule has 8 rings (SSSR count). The van der Waals surface area contributed by atoms with Crippen LogP contribution in [-0.4, -0.2) is 4.21 Å². The number of rotatable bonds is 7. The van der Waals surface area contributed by atoms with Crippen molar-refractivity contribution in [1.82, 2.24) is 0 Å². The summed E-state index contributed by atoms with van der Waals surface area (Å²) in [5.74, 6) is 0.218. The van der Waals surface area contributed by atoms with Gasteiger partial charge in [0.05, 0.1) is 0 Å². The maximum atomic E-state index is 6.81. The topological polar surface area (TPSA) is 0 Å². The van der Waals surface area contributed by atoms with Crippen LogP contribution in [0.5, 0.6) is 0 Å². The number of allylic oxidation sites excluding steroid dienone is 4. The number of halogens is 4. The first-order valence-electron chi connectivity index (χ1n) is 20.9. The Morgan fingerprint density at radius 1 is 0.617 bits per heavy atom. The van der Waals surface area contributed by atoms with Gasteiger partial charge >= 0.3 is 361 Å². The van der Waals surface area contributed by atoms with Crippen molar-refractivity contribution >= 4 is 62.0 Å². The molecule has 1 atom stereocenters. The Morgan fingerprint density at radius 3 is 1.57 bits per heavy atom. The molecule has 5 heteroatoms. The van der Waals surface area contributed by atoms with E-state index in [2.05, 4.69) is 185 Å². The summed E-state index contributed by atoms with van der Waals surface area (Å²) in [5, 5.41) is 1.46. The van der Waals surface area contributed by atoms with E-state index in [1.807, 2.05) is 0 Å². The number of fused-ring (bicyclic) bond motifs is 3. The number of hydrogen-bond donors (Lipinski definition) is 0. The van der Waals surface area contributed by atoms with Crippen molar-refractivity contribution in [2.24, 2.45) is 11.3 Å². The van der Waals surface area contributed by atoms with Gasteiger partial charge in [-0.3, -0.25) is 0 Å². The minimum absolute atomic E-state index is 0. The third-order valence-electron chi connectivity index (χ3n) is 13.5. The predicted octanol–water partition coefficient (Wildman–Crippen LogP) is 14.9. The third kappa shape index (κ3) is 7.33. The van der Waals surface area contributed by atoms with E-state index in [1.165, 1.54) is 96.6 Å². The molecular formula is C55H58Cl4Zr. The average molecular weight is 952 g/mol.